The van der Waals surface area contributed by atoms with Crippen LogP contribution in [0.3, 0.4) is 0 Å². The molecule has 0 unspecified atom stereocenters. The average Bonchev–Trinajstić information content (AvgIpc) is 2.40. The van der Waals surface area contributed by atoms with E-state index in [9.17, 15) is 0 Å². The lowest BCUT2D eigenvalue weighted by Crippen LogP contribution is -2.02. The van der Waals surface area contributed by atoms with Gasteiger partial charge in [0.25, 0.3) is 0 Å². The molecule has 0 fully saturated rings. The second-order valence-electron chi connectivity index (χ2n) is 3.90. The van der Waals surface area contributed by atoms with Gasteiger partial charge in [0, 0.05) is 19.6 Å². The van der Waals surface area contributed by atoms with E-state index in [4.69, 9.17) is 25.8 Å². The molecule has 0 spiro atoms. The van der Waals surface area contributed by atoms with Crippen LogP contribution in [0.4, 0.5) is 0 Å². The van der Waals surface area contributed by atoms with Crippen molar-refractivity contribution in [1.29, 1.82) is 0 Å². The van der Waals surface area contributed by atoms with E-state index in [-0.39, 0.29) is 0 Å². The van der Waals surface area contributed by atoms with Crippen LogP contribution in [0, 0.1) is 0 Å². The molecule has 0 heterocycles. The molecule has 0 aliphatic rings. The van der Waals surface area contributed by atoms with Gasteiger partial charge in [-0.3, -0.25) is 0 Å². The third-order valence-electron chi connectivity index (χ3n) is 2.46. The first kappa shape index (κ1) is 15.1. The highest BCUT2D eigenvalue weighted by molar-refractivity contribution is 6.17. The molecule has 1 aromatic carbocycles. The van der Waals surface area contributed by atoms with Crippen molar-refractivity contribution < 1.29 is 14.2 Å². The summed E-state index contributed by atoms with van der Waals surface area (Å²) in [6.07, 6.45) is 1.97. The molecule has 0 aromatic heterocycles. The lowest BCUT2D eigenvalue weighted by molar-refractivity contribution is 0.183. The monoisotopic (exact) mass is 272 g/mol. The van der Waals surface area contributed by atoms with Crippen molar-refractivity contribution in [1.82, 2.24) is 0 Å². The molecule has 0 aliphatic carbocycles. The number of ether oxygens (including phenoxy) is 3. The molecular formula is C14H21ClO3. The van der Waals surface area contributed by atoms with E-state index in [0.29, 0.717) is 19.1 Å². The minimum atomic E-state index is 0.480. The zero-order valence-corrected chi connectivity index (χ0v) is 11.8. The van der Waals surface area contributed by atoms with Crippen molar-refractivity contribution in [3.05, 3.63) is 23.8 Å². The summed E-state index contributed by atoms with van der Waals surface area (Å²) in [5, 5.41) is 0. The summed E-state index contributed by atoms with van der Waals surface area (Å²) >= 11 is 5.80. The molecule has 0 N–H and O–H groups in total. The Labute approximate surface area is 114 Å². The largest absolute Gasteiger partial charge is 0.490 e. The minimum Gasteiger partial charge on any atom is -0.490 e. The summed E-state index contributed by atoms with van der Waals surface area (Å²) in [7, 11) is 1.71. The standard InChI is InChI=1S/C14H21ClO3/c1-3-17-14-10-12(11-15)6-7-13(14)18-9-5-4-8-16-2/h6-7,10H,3-5,8-9,11H2,1-2H3. The molecule has 1 rings (SSSR count). The molecule has 0 bridgehead atoms. The highest BCUT2D eigenvalue weighted by Crippen LogP contribution is 2.29. The Morgan fingerprint density at radius 1 is 1.06 bits per heavy atom. The molecule has 18 heavy (non-hydrogen) atoms. The van der Waals surface area contributed by atoms with E-state index in [0.717, 1.165) is 36.5 Å². The number of unbranched alkanes of at least 4 members (excludes halogenated alkanes) is 1. The fraction of sp³-hybridized carbons (Fsp3) is 0.571. The third kappa shape index (κ3) is 5.15. The van der Waals surface area contributed by atoms with Crippen LogP contribution in [0.5, 0.6) is 11.5 Å². The van der Waals surface area contributed by atoms with Gasteiger partial charge in [0.1, 0.15) is 0 Å². The van der Waals surface area contributed by atoms with Crippen molar-refractivity contribution in [3.63, 3.8) is 0 Å². The zero-order chi connectivity index (χ0) is 13.2. The maximum atomic E-state index is 5.80. The minimum absolute atomic E-state index is 0.480. The van der Waals surface area contributed by atoms with E-state index < -0.39 is 0 Å². The predicted octanol–water partition coefficient (Wildman–Crippen LogP) is 3.63. The van der Waals surface area contributed by atoms with E-state index in [2.05, 4.69) is 0 Å². The SMILES string of the molecule is CCOc1cc(CCl)ccc1OCCCCOC. The Morgan fingerprint density at radius 3 is 2.50 bits per heavy atom. The molecule has 0 aliphatic heterocycles. The molecule has 4 heteroatoms. The molecule has 0 amide bonds. The van der Waals surface area contributed by atoms with Gasteiger partial charge in [-0.25, -0.2) is 0 Å². The first-order valence-electron chi connectivity index (χ1n) is 6.25. The zero-order valence-electron chi connectivity index (χ0n) is 11.1. The van der Waals surface area contributed by atoms with Crippen molar-refractivity contribution in [2.24, 2.45) is 0 Å². The van der Waals surface area contributed by atoms with Crippen LogP contribution in [0.25, 0.3) is 0 Å². The normalized spacial score (nSPS) is 10.4. The molecule has 3 nitrogen and oxygen atoms in total. The van der Waals surface area contributed by atoms with Crippen molar-refractivity contribution in [2.45, 2.75) is 25.6 Å². The topological polar surface area (TPSA) is 27.7 Å². The number of benzene rings is 1. The molecule has 0 atom stereocenters. The van der Waals surface area contributed by atoms with Gasteiger partial charge in [-0.1, -0.05) is 6.07 Å². The van der Waals surface area contributed by atoms with Crippen LogP contribution in [0.15, 0.2) is 18.2 Å². The van der Waals surface area contributed by atoms with Gasteiger partial charge in [-0.2, -0.15) is 0 Å². The average molecular weight is 273 g/mol. The summed E-state index contributed by atoms with van der Waals surface area (Å²) in [6, 6.07) is 5.81. The maximum Gasteiger partial charge on any atom is 0.161 e. The Kier molecular flexibility index (Phi) is 7.62. The van der Waals surface area contributed by atoms with Gasteiger partial charge in [-0.05, 0) is 37.5 Å². The number of hydrogen-bond donors (Lipinski definition) is 0. The fourth-order valence-corrected chi connectivity index (χ4v) is 1.72. The Morgan fingerprint density at radius 2 is 1.83 bits per heavy atom. The summed E-state index contributed by atoms with van der Waals surface area (Å²) in [5.74, 6) is 2.03. The first-order valence-corrected chi connectivity index (χ1v) is 6.78. The summed E-state index contributed by atoms with van der Waals surface area (Å²) < 4.78 is 16.3. The van der Waals surface area contributed by atoms with Crippen LogP contribution in [-0.2, 0) is 10.6 Å². The smallest absolute Gasteiger partial charge is 0.161 e. The molecule has 0 saturated carbocycles. The van der Waals surface area contributed by atoms with Gasteiger partial charge in [0.05, 0.1) is 13.2 Å². The maximum absolute atomic E-state index is 5.80. The number of alkyl halides is 1. The third-order valence-corrected chi connectivity index (χ3v) is 2.77. The van der Waals surface area contributed by atoms with Crippen LogP contribution < -0.4 is 9.47 Å². The predicted molar refractivity (Wildman–Crippen MR) is 73.8 cm³/mol. The van der Waals surface area contributed by atoms with Gasteiger partial charge in [-0.15, -0.1) is 11.6 Å². The van der Waals surface area contributed by atoms with Crippen molar-refractivity contribution >= 4 is 11.6 Å². The van der Waals surface area contributed by atoms with Crippen LogP contribution in [0.1, 0.15) is 25.3 Å². The Balaban J connectivity index is 2.52. The highest BCUT2D eigenvalue weighted by atomic mass is 35.5. The molecule has 1 aromatic rings. The van der Waals surface area contributed by atoms with Crippen LogP contribution >= 0.6 is 11.6 Å². The van der Waals surface area contributed by atoms with Gasteiger partial charge in [0.15, 0.2) is 11.5 Å². The summed E-state index contributed by atoms with van der Waals surface area (Å²) in [6.45, 7) is 4.01. The lowest BCUT2D eigenvalue weighted by Gasteiger charge is -2.12. The van der Waals surface area contributed by atoms with E-state index in [1.165, 1.54) is 0 Å². The number of halogens is 1. The molecule has 0 radical (unpaired) electrons. The number of methoxy groups -OCH3 is 1. The summed E-state index contributed by atoms with van der Waals surface area (Å²) in [5.41, 5.74) is 1.03. The highest BCUT2D eigenvalue weighted by Gasteiger charge is 2.06. The molecular weight excluding hydrogens is 252 g/mol. The van der Waals surface area contributed by atoms with Crippen LogP contribution in [-0.4, -0.2) is 26.9 Å². The molecule has 102 valence electrons. The molecule has 0 saturated heterocycles. The second-order valence-corrected chi connectivity index (χ2v) is 4.16. The van der Waals surface area contributed by atoms with Crippen molar-refractivity contribution in [3.8, 4) is 11.5 Å². The van der Waals surface area contributed by atoms with Gasteiger partial charge >= 0.3 is 0 Å². The lowest BCUT2D eigenvalue weighted by atomic mass is 10.2. The van der Waals surface area contributed by atoms with Crippen molar-refractivity contribution in [2.75, 3.05) is 26.9 Å². The van der Waals surface area contributed by atoms with E-state index in [1.807, 2.05) is 25.1 Å². The Bertz CT molecular complexity index is 342. The first-order chi connectivity index (χ1) is 8.81. The number of hydrogen-bond acceptors (Lipinski definition) is 3. The van der Waals surface area contributed by atoms with Crippen LogP contribution in [0.2, 0.25) is 0 Å². The number of rotatable bonds is 9. The summed E-state index contributed by atoms with van der Waals surface area (Å²) in [4.78, 5) is 0. The van der Waals surface area contributed by atoms with Gasteiger partial charge < -0.3 is 14.2 Å². The fourth-order valence-electron chi connectivity index (χ4n) is 1.55. The van der Waals surface area contributed by atoms with Gasteiger partial charge in [0.2, 0.25) is 0 Å². The van der Waals surface area contributed by atoms with E-state index in [1.54, 1.807) is 7.11 Å². The second kappa shape index (κ2) is 9.06. The quantitative estimate of drug-likeness (QED) is 0.507. The Hall–Kier alpha value is -0.930. The van der Waals surface area contributed by atoms with E-state index >= 15 is 0 Å².